The summed E-state index contributed by atoms with van der Waals surface area (Å²) in [7, 11) is 0. The molecule has 1 aliphatic heterocycles. The van der Waals surface area contributed by atoms with Crippen molar-refractivity contribution in [2.45, 2.75) is 45.4 Å². The van der Waals surface area contributed by atoms with Crippen molar-refractivity contribution in [3.8, 4) is 0 Å². The van der Waals surface area contributed by atoms with Gasteiger partial charge in [-0.25, -0.2) is 4.79 Å². The highest BCUT2D eigenvalue weighted by molar-refractivity contribution is 6.30. The molecule has 8 heteroatoms. The van der Waals surface area contributed by atoms with E-state index in [4.69, 9.17) is 21.2 Å². The van der Waals surface area contributed by atoms with E-state index in [1.54, 1.807) is 76.2 Å². The number of hydroxylamine groups is 2. The first-order valence-electron chi connectivity index (χ1n) is 9.46. The average Bonchev–Trinajstić information content (AvgIpc) is 2.91. The van der Waals surface area contributed by atoms with E-state index < -0.39 is 35.7 Å². The number of rotatable bonds is 5. The number of carbonyl (C=O) groups excluding carboxylic acids is 3. The number of nitrogens with one attached hydrogen (secondary N) is 1. The monoisotopic (exact) mass is 430 g/mol. The lowest BCUT2D eigenvalue weighted by Crippen LogP contribution is -2.43. The molecule has 30 heavy (non-hydrogen) atoms. The third kappa shape index (κ3) is 4.80. The van der Waals surface area contributed by atoms with Gasteiger partial charge in [-0.1, -0.05) is 35.9 Å². The number of imide groups is 1. The van der Waals surface area contributed by atoms with Crippen LogP contribution in [-0.4, -0.2) is 34.7 Å². The van der Waals surface area contributed by atoms with Crippen LogP contribution in [0.3, 0.4) is 0 Å². The smallest absolute Gasteiger partial charge is 0.408 e. The van der Waals surface area contributed by atoms with E-state index in [-0.39, 0.29) is 11.1 Å². The van der Waals surface area contributed by atoms with E-state index in [9.17, 15) is 14.4 Å². The van der Waals surface area contributed by atoms with E-state index in [1.165, 1.54) is 0 Å². The molecule has 0 aliphatic carbocycles. The first-order valence-corrected chi connectivity index (χ1v) is 9.84. The fourth-order valence-electron chi connectivity index (χ4n) is 3.07. The Hall–Kier alpha value is -2.90. The maximum absolute atomic E-state index is 12.6. The number of benzene rings is 2. The van der Waals surface area contributed by atoms with Gasteiger partial charge < -0.3 is 10.1 Å². The summed E-state index contributed by atoms with van der Waals surface area (Å²) in [4.78, 5) is 43.3. The molecule has 2 aromatic carbocycles. The molecule has 2 atom stereocenters. The standard InChI is InChI=1S/C22H23ClN2O5/c1-13(30-25-19(26)16-7-5-6-8-17(16)20(25)27)18(14-9-11-15(23)12-10-14)24-21(28)29-22(2,3)4/h5-13,18H,1-4H3,(H,24,28)/t13-,18+/m1/s1. The van der Waals surface area contributed by atoms with Crippen molar-refractivity contribution >= 4 is 29.5 Å². The minimum absolute atomic E-state index is 0.276. The molecule has 0 saturated carbocycles. The third-order valence-electron chi connectivity index (χ3n) is 4.40. The largest absolute Gasteiger partial charge is 0.444 e. The van der Waals surface area contributed by atoms with Crippen molar-refractivity contribution in [3.05, 3.63) is 70.2 Å². The van der Waals surface area contributed by atoms with Gasteiger partial charge in [0.25, 0.3) is 11.8 Å². The normalized spacial score (nSPS) is 15.6. The number of hydrogen-bond acceptors (Lipinski definition) is 5. The zero-order chi connectivity index (χ0) is 22.1. The Balaban J connectivity index is 1.82. The quantitative estimate of drug-likeness (QED) is 0.705. The molecule has 0 aromatic heterocycles. The number of amides is 3. The molecule has 158 valence electrons. The molecule has 7 nitrogen and oxygen atoms in total. The summed E-state index contributed by atoms with van der Waals surface area (Å²) >= 11 is 5.98. The van der Waals surface area contributed by atoms with Crippen LogP contribution in [0, 0.1) is 0 Å². The summed E-state index contributed by atoms with van der Waals surface area (Å²) < 4.78 is 5.35. The van der Waals surface area contributed by atoms with E-state index >= 15 is 0 Å². The van der Waals surface area contributed by atoms with Gasteiger partial charge in [0.15, 0.2) is 0 Å². The molecular formula is C22H23ClN2O5. The fraction of sp³-hybridized carbons (Fsp3) is 0.318. The van der Waals surface area contributed by atoms with Crippen LogP contribution < -0.4 is 5.32 Å². The Kier molecular flexibility index (Phi) is 6.14. The van der Waals surface area contributed by atoms with Crippen LogP contribution in [-0.2, 0) is 9.57 Å². The van der Waals surface area contributed by atoms with Crippen LogP contribution >= 0.6 is 11.6 Å². The predicted octanol–water partition coefficient (Wildman–Crippen LogP) is 4.52. The lowest BCUT2D eigenvalue weighted by atomic mass is 10.0. The minimum Gasteiger partial charge on any atom is -0.444 e. The van der Waals surface area contributed by atoms with Gasteiger partial charge in [0.05, 0.1) is 17.2 Å². The summed E-state index contributed by atoms with van der Waals surface area (Å²) in [5, 5.41) is 4.02. The Morgan fingerprint density at radius 2 is 1.53 bits per heavy atom. The van der Waals surface area contributed by atoms with Crippen LogP contribution in [0.2, 0.25) is 5.02 Å². The van der Waals surface area contributed by atoms with Gasteiger partial charge in [0, 0.05) is 5.02 Å². The molecule has 2 aromatic rings. The van der Waals surface area contributed by atoms with Crippen LogP contribution in [0.1, 0.15) is 60.0 Å². The highest BCUT2D eigenvalue weighted by Gasteiger charge is 2.39. The minimum atomic E-state index is -0.777. The second-order valence-corrected chi connectivity index (χ2v) is 8.37. The molecule has 0 spiro atoms. The molecule has 1 N–H and O–H groups in total. The molecule has 3 rings (SSSR count). The first kappa shape index (κ1) is 21.8. The average molecular weight is 431 g/mol. The van der Waals surface area contributed by atoms with Crippen molar-refractivity contribution in [3.63, 3.8) is 0 Å². The zero-order valence-corrected chi connectivity index (χ0v) is 17.9. The summed E-state index contributed by atoms with van der Waals surface area (Å²) in [6.07, 6.45) is -1.43. The molecule has 0 radical (unpaired) electrons. The highest BCUT2D eigenvalue weighted by Crippen LogP contribution is 2.27. The summed E-state index contributed by atoms with van der Waals surface area (Å²) in [6, 6.07) is 12.6. The molecule has 1 heterocycles. The molecular weight excluding hydrogens is 408 g/mol. The third-order valence-corrected chi connectivity index (χ3v) is 4.65. The number of fused-ring (bicyclic) bond motifs is 1. The lowest BCUT2D eigenvalue weighted by molar-refractivity contribution is -0.136. The molecule has 0 saturated heterocycles. The summed E-state index contributed by atoms with van der Waals surface area (Å²) in [6.45, 7) is 6.91. The number of nitrogens with zero attached hydrogens (tertiary/aromatic N) is 1. The second kappa shape index (κ2) is 8.45. The molecule has 3 amide bonds. The van der Waals surface area contributed by atoms with Crippen molar-refractivity contribution in [1.29, 1.82) is 0 Å². The maximum atomic E-state index is 12.6. The van der Waals surface area contributed by atoms with Gasteiger partial charge in [-0.3, -0.25) is 14.4 Å². The molecule has 0 bridgehead atoms. The predicted molar refractivity (Wildman–Crippen MR) is 111 cm³/mol. The van der Waals surface area contributed by atoms with Gasteiger partial charge in [-0.2, -0.15) is 0 Å². The highest BCUT2D eigenvalue weighted by atomic mass is 35.5. The Bertz CT molecular complexity index is 933. The number of ether oxygens (including phenoxy) is 1. The number of halogens is 1. The number of carbonyl (C=O) groups is 3. The van der Waals surface area contributed by atoms with E-state index in [1.807, 2.05) is 0 Å². The van der Waals surface area contributed by atoms with Crippen molar-refractivity contribution in [2.75, 3.05) is 0 Å². The Morgan fingerprint density at radius 1 is 1.00 bits per heavy atom. The van der Waals surface area contributed by atoms with Crippen LogP contribution in [0.15, 0.2) is 48.5 Å². The van der Waals surface area contributed by atoms with E-state index in [0.29, 0.717) is 10.6 Å². The Morgan fingerprint density at radius 3 is 2.03 bits per heavy atom. The van der Waals surface area contributed by atoms with Crippen molar-refractivity contribution < 1.29 is 24.0 Å². The van der Waals surface area contributed by atoms with Gasteiger partial charge in [-0.05, 0) is 57.5 Å². The fourth-order valence-corrected chi connectivity index (χ4v) is 3.19. The van der Waals surface area contributed by atoms with E-state index in [2.05, 4.69) is 5.32 Å². The van der Waals surface area contributed by atoms with Crippen LogP contribution in [0.4, 0.5) is 4.79 Å². The van der Waals surface area contributed by atoms with Gasteiger partial charge >= 0.3 is 6.09 Å². The van der Waals surface area contributed by atoms with Crippen LogP contribution in [0.5, 0.6) is 0 Å². The van der Waals surface area contributed by atoms with Gasteiger partial charge in [-0.15, -0.1) is 5.06 Å². The van der Waals surface area contributed by atoms with Gasteiger partial charge in [0.1, 0.15) is 11.7 Å². The molecule has 0 unspecified atom stereocenters. The SMILES string of the molecule is C[C@@H](ON1C(=O)c2ccccc2C1=O)[C@H](NC(=O)OC(C)(C)C)c1ccc(Cl)cc1. The van der Waals surface area contributed by atoms with E-state index in [0.717, 1.165) is 5.06 Å². The second-order valence-electron chi connectivity index (χ2n) is 7.94. The maximum Gasteiger partial charge on any atom is 0.408 e. The first-order chi connectivity index (χ1) is 14.1. The number of alkyl carbamates (subject to hydrolysis) is 1. The molecule has 0 fully saturated rings. The summed E-state index contributed by atoms with van der Waals surface area (Å²) in [5.41, 5.74) is 0.534. The lowest BCUT2D eigenvalue weighted by Gasteiger charge is -2.29. The number of hydrogen-bond donors (Lipinski definition) is 1. The topological polar surface area (TPSA) is 84.9 Å². The van der Waals surface area contributed by atoms with Crippen molar-refractivity contribution in [2.24, 2.45) is 0 Å². The van der Waals surface area contributed by atoms with Gasteiger partial charge in [0.2, 0.25) is 0 Å². The zero-order valence-electron chi connectivity index (χ0n) is 17.1. The van der Waals surface area contributed by atoms with Crippen LogP contribution in [0.25, 0.3) is 0 Å². The summed E-state index contributed by atoms with van der Waals surface area (Å²) in [5.74, 6) is -1.09. The Labute approximate surface area is 179 Å². The van der Waals surface area contributed by atoms with Crippen molar-refractivity contribution in [1.82, 2.24) is 10.4 Å². The molecule has 1 aliphatic rings.